The van der Waals surface area contributed by atoms with Gasteiger partial charge in [-0.3, -0.25) is 4.79 Å². The molecule has 1 unspecified atom stereocenters. The molecule has 7 heteroatoms. The van der Waals surface area contributed by atoms with Gasteiger partial charge in [-0.2, -0.15) is 0 Å². The van der Waals surface area contributed by atoms with Crippen molar-refractivity contribution < 1.29 is 18.7 Å². The van der Waals surface area contributed by atoms with Crippen molar-refractivity contribution in [3.05, 3.63) is 35.3 Å². The van der Waals surface area contributed by atoms with Gasteiger partial charge in [0.1, 0.15) is 5.76 Å². The zero-order chi connectivity index (χ0) is 21.8. The van der Waals surface area contributed by atoms with Crippen LogP contribution in [0, 0.1) is 17.8 Å². The van der Waals surface area contributed by atoms with Gasteiger partial charge >= 0.3 is 6.03 Å². The third-order valence-corrected chi connectivity index (χ3v) is 6.65. The van der Waals surface area contributed by atoms with E-state index in [0.717, 1.165) is 51.1 Å². The van der Waals surface area contributed by atoms with Gasteiger partial charge in [-0.15, -0.1) is 0 Å². The number of nitrogens with one attached hydrogen (secondary N) is 2. The Morgan fingerprint density at radius 1 is 1.13 bits per heavy atom. The number of fused-ring (bicyclic) bond motifs is 1. The number of hydrogen-bond donors (Lipinski definition) is 2. The number of rotatable bonds is 7. The number of amides is 3. The molecule has 7 nitrogen and oxygen atoms in total. The van der Waals surface area contributed by atoms with E-state index < -0.39 is 0 Å². The summed E-state index contributed by atoms with van der Waals surface area (Å²) in [6.45, 7) is 7.61. The van der Waals surface area contributed by atoms with Crippen LogP contribution < -0.4 is 10.6 Å². The normalized spacial score (nSPS) is 25.9. The Morgan fingerprint density at radius 3 is 2.52 bits per heavy atom. The van der Waals surface area contributed by atoms with Crippen molar-refractivity contribution in [1.82, 2.24) is 15.5 Å². The lowest BCUT2D eigenvalue weighted by atomic mass is 10.1. The Hall–Kier alpha value is -2.54. The molecule has 3 amide bonds. The van der Waals surface area contributed by atoms with Gasteiger partial charge in [0, 0.05) is 44.5 Å². The fourth-order valence-corrected chi connectivity index (χ4v) is 4.91. The molecule has 31 heavy (non-hydrogen) atoms. The quantitative estimate of drug-likeness (QED) is 0.697. The van der Waals surface area contributed by atoms with Crippen molar-refractivity contribution in [2.45, 2.75) is 39.2 Å². The number of nitrogens with zero attached hydrogens (tertiary/aromatic N) is 1. The van der Waals surface area contributed by atoms with Crippen molar-refractivity contribution in [2.75, 3.05) is 32.8 Å². The molecule has 3 fully saturated rings. The van der Waals surface area contributed by atoms with E-state index in [9.17, 15) is 9.59 Å². The standard InChI is InChI=1S/C24H33N3O4/c1-3-5-16-13-22(31-21(16)6-4-2)23(28)25-10-7-18-19-14-27(15-20(18)19)24(29)26-17-8-11-30-12-9-17/h3-6,13,17-20H,7-12,14-15H2,1-2H3,(H,25,28)(H,26,29)/b5-3-,6-4?/t18?,19-,20+. The number of likely N-dealkylation sites (tertiary alicyclic amines) is 1. The maximum absolute atomic E-state index is 12.5. The fourth-order valence-electron chi connectivity index (χ4n) is 4.91. The summed E-state index contributed by atoms with van der Waals surface area (Å²) >= 11 is 0. The first kappa shape index (κ1) is 21.7. The maximum atomic E-state index is 12.5. The highest BCUT2D eigenvalue weighted by molar-refractivity contribution is 5.92. The minimum absolute atomic E-state index is 0.0674. The van der Waals surface area contributed by atoms with Crippen molar-refractivity contribution >= 4 is 24.1 Å². The predicted octanol–water partition coefficient (Wildman–Crippen LogP) is 3.53. The predicted molar refractivity (Wildman–Crippen MR) is 119 cm³/mol. The summed E-state index contributed by atoms with van der Waals surface area (Å²) in [5.74, 6) is 2.60. The summed E-state index contributed by atoms with van der Waals surface area (Å²) in [6.07, 6.45) is 10.4. The van der Waals surface area contributed by atoms with Crippen molar-refractivity contribution in [3.8, 4) is 0 Å². The van der Waals surface area contributed by atoms with Crippen LogP contribution in [-0.2, 0) is 4.74 Å². The fraction of sp³-hybridized carbons (Fsp3) is 0.583. The van der Waals surface area contributed by atoms with Gasteiger partial charge in [0.25, 0.3) is 5.91 Å². The summed E-state index contributed by atoms with van der Waals surface area (Å²) in [5.41, 5.74) is 0.904. The van der Waals surface area contributed by atoms with Crippen LogP contribution in [0.25, 0.3) is 12.2 Å². The van der Waals surface area contributed by atoms with Crippen LogP contribution >= 0.6 is 0 Å². The van der Waals surface area contributed by atoms with Crippen LogP contribution in [0.5, 0.6) is 0 Å². The number of ether oxygens (including phenoxy) is 1. The molecule has 3 atom stereocenters. The highest BCUT2D eigenvalue weighted by Crippen LogP contribution is 2.53. The van der Waals surface area contributed by atoms with E-state index in [2.05, 4.69) is 10.6 Å². The van der Waals surface area contributed by atoms with Gasteiger partial charge < -0.3 is 24.7 Å². The Balaban J connectivity index is 1.18. The highest BCUT2D eigenvalue weighted by Gasteiger charge is 2.55. The zero-order valence-corrected chi connectivity index (χ0v) is 18.4. The molecule has 0 bridgehead atoms. The first-order valence-corrected chi connectivity index (χ1v) is 11.4. The third-order valence-electron chi connectivity index (χ3n) is 6.65. The lowest BCUT2D eigenvalue weighted by Crippen LogP contribution is -2.46. The molecule has 1 aromatic heterocycles. The van der Waals surface area contributed by atoms with Crippen LogP contribution in [0.2, 0.25) is 0 Å². The molecule has 0 spiro atoms. The number of piperidine rings is 1. The molecule has 2 saturated heterocycles. The maximum Gasteiger partial charge on any atom is 0.317 e. The van der Waals surface area contributed by atoms with Crippen LogP contribution in [0.15, 0.2) is 22.6 Å². The van der Waals surface area contributed by atoms with Gasteiger partial charge in [0.05, 0.1) is 0 Å². The molecule has 0 radical (unpaired) electrons. The van der Waals surface area contributed by atoms with Gasteiger partial charge in [-0.05, 0) is 63.0 Å². The highest BCUT2D eigenvalue weighted by atomic mass is 16.5. The number of carbonyl (C=O) groups is 2. The van der Waals surface area contributed by atoms with Gasteiger partial charge in [0.2, 0.25) is 0 Å². The van der Waals surface area contributed by atoms with Crippen molar-refractivity contribution in [3.63, 3.8) is 0 Å². The number of carbonyl (C=O) groups excluding carboxylic acids is 2. The number of allylic oxidation sites excluding steroid dienone is 2. The lowest BCUT2D eigenvalue weighted by Gasteiger charge is -2.27. The molecule has 1 aliphatic carbocycles. The summed E-state index contributed by atoms with van der Waals surface area (Å²) in [5, 5.41) is 6.13. The molecular formula is C24H33N3O4. The molecule has 4 rings (SSSR count). The molecular weight excluding hydrogens is 394 g/mol. The first-order chi connectivity index (χ1) is 15.1. The topological polar surface area (TPSA) is 83.8 Å². The monoisotopic (exact) mass is 427 g/mol. The summed E-state index contributed by atoms with van der Waals surface area (Å²) in [6, 6.07) is 2.09. The van der Waals surface area contributed by atoms with Gasteiger partial charge in [-0.25, -0.2) is 4.79 Å². The number of hydrogen-bond acceptors (Lipinski definition) is 4. The van der Waals surface area contributed by atoms with Gasteiger partial charge in [0.15, 0.2) is 5.76 Å². The Labute approximate surface area is 183 Å². The van der Waals surface area contributed by atoms with E-state index in [1.807, 2.05) is 43.1 Å². The smallest absolute Gasteiger partial charge is 0.317 e. The molecule has 3 heterocycles. The molecule has 1 saturated carbocycles. The number of furan rings is 1. The van der Waals surface area contributed by atoms with Crippen molar-refractivity contribution in [2.24, 2.45) is 17.8 Å². The van der Waals surface area contributed by atoms with Crippen LogP contribution in [0.1, 0.15) is 55.0 Å². The van der Waals surface area contributed by atoms with Crippen LogP contribution in [-0.4, -0.2) is 55.7 Å². The SMILES string of the molecule is CC=Cc1oc(C(=O)NCCC2[C@H]3CN(C(=O)NC4CCOCC4)C[C@@H]23)cc1/C=C\C. The molecule has 168 valence electrons. The lowest BCUT2D eigenvalue weighted by molar-refractivity contribution is 0.0782. The summed E-state index contributed by atoms with van der Waals surface area (Å²) in [4.78, 5) is 26.9. The molecule has 2 N–H and O–H groups in total. The van der Waals surface area contributed by atoms with E-state index in [1.54, 1.807) is 6.07 Å². The summed E-state index contributed by atoms with van der Waals surface area (Å²) in [7, 11) is 0. The van der Waals surface area contributed by atoms with E-state index in [4.69, 9.17) is 9.15 Å². The van der Waals surface area contributed by atoms with Crippen molar-refractivity contribution in [1.29, 1.82) is 0 Å². The average molecular weight is 428 g/mol. The van der Waals surface area contributed by atoms with E-state index in [-0.39, 0.29) is 18.0 Å². The average Bonchev–Trinajstić information content (AvgIpc) is 3.09. The summed E-state index contributed by atoms with van der Waals surface area (Å²) < 4.78 is 11.1. The largest absolute Gasteiger partial charge is 0.451 e. The zero-order valence-electron chi connectivity index (χ0n) is 18.4. The van der Waals surface area contributed by atoms with E-state index in [0.29, 0.717) is 35.8 Å². The van der Waals surface area contributed by atoms with Crippen LogP contribution in [0.3, 0.4) is 0 Å². The second kappa shape index (κ2) is 9.73. The minimum atomic E-state index is -0.176. The second-order valence-corrected chi connectivity index (χ2v) is 8.71. The third kappa shape index (κ3) is 5.03. The molecule has 0 aromatic carbocycles. The molecule has 3 aliphatic rings. The van der Waals surface area contributed by atoms with E-state index in [1.165, 1.54) is 0 Å². The van der Waals surface area contributed by atoms with Crippen LogP contribution in [0.4, 0.5) is 4.79 Å². The first-order valence-electron chi connectivity index (χ1n) is 11.4. The minimum Gasteiger partial charge on any atom is -0.451 e. The Kier molecular flexibility index (Phi) is 6.80. The number of urea groups is 1. The van der Waals surface area contributed by atoms with Gasteiger partial charge in [-0.1, -0.05) is 18.2 Å². The second-order valence-electron chi connectivity index (χ2n) is 8.71. The molecule has 2 aliphatic heterocycles. The Morgan fingerprint density at radius 2 is 1.84 bits per heavy atom. The Bertz CT molecular complexity index is 812. The molecule has 1 aromatic rings. The van der Waals surface area contributed by atoms with E-state index >= 15 is 0 Å².